The van der Waals surface area contributed by atoms with Crippen molar-refractivity contribution in [1.82, 2.24) is 5.32 Å². The maximum atomic E-state index is 12.5. The molecule has 1 aliphatic rings. The van der Waals surface area contributed by atoms with Gasteiger partial charge < -0.3 is 15.1 Å². The Morgan fingerprint density at radius 3 is 2.72 bits per heavy atom. The molecule has 1 amide bonds. The van der Waals surface area contributed by atoms with Gasteiger partial charge in [0.2, 0.25) is 0 Å². The summed E-state index contributed by atoms with van der Waals surface area (Å²) in [7, 11) is 0. The highest BCUT2D eigenvalue weighted by atomic mass is 16.3. The second kappa shape index (κ2) is 8.34. The molecule has 4 heteroatoms. The van der Waals surface area contributed by atoms with Gasteiger partial charge in [0.25, 0.3) is 5.91 Å². The third-order valence-corrected chi connectivity index (χ3v) is 5.60. The van der Waals surface area contributed by atoms with Crippen LogP contribution in [0.25, 0.3) is 0 Å². The summed E-state index contributed by atoms with van der Waals surface area (Å²) >= 11 is 0. The van der Waals surface area contributed by atoms with Crippen LogP contribution in [0.15, 0.2) is 53.1 Å². The van der Waals surface area contributed by atoms with Crippen molar-refractivity contribution in [1.29, 1.82) is 0 Å². The van der Waals surface area contributed by atoms with Crippen LogP contribution in [0.1, 0.15) is 50.5 Å². The molecular weight excluding hydrogens is 312 g/mol. The Morgan fingerprint density at radius 1 is 1.20 bits per heavy atom. The minimum Gasteiger partial charge on any atom is -0.463 e. The quantitative estimate of drug-likeness (QED) is 0.849. The first-order valence-corrected chi connectivity index (χ1v) is 9.36. The topological polar surface area (TPSA) is 58.9 Å². The zero-order valence-corrected chi connectivity index (χ0v) is 15.2. The molecule has 3 N–H and O–H groups in total. The van der Waals surface area contributed by atoms with E-state index in [2.05, 4.69) is 36.6 Å². The van der Waals surface area contributed by atoms with Crippen molar-refractivity contribution < 1.29 is 14.5 Å². The summed E-state index contributed by atoms with van der Waals surface area (Å²) < 4.78 is 5.60. The fourth-order valence-electron chi connectivity index (χ4n) is 3.82. The van der Waals surface area contributed by atoms with E-state index in [0.717, 1.165) is 17.7 Å². The molecule has 1 aromatic heterocycles. The van der Waals surface area contributed by atoms with Gasteiger partial charge in [-0.2, -0.15) is 0 Å². The van der Waals surface area contributed by atoms with Crippen LogP contribution in [0.4, 0.5) is 0 Å². The number of furan rings is 1. The third-order valence-electron chi connectivity index (χ3n) is 5.60. The van der Waals surface area contributed by atoms with Crippen molar-refractivity contribution >= 4 is 5.91 Å². The van der Waals surface area contributed by atoms with E-state index >= 15 is 0 Å². The predicted octanol–water partition coefficient (Wildman–Crippen LogP) is 2.87. The first-order valence-electron chi connectivity index (χ1n) is 9.36. The molecule has 4 nitrogen and oxygen atoms in total. The predicted molar refractivity (Wildman–Crippen MR) is 97.9 cm³/mol. The van der Waals surface area contributed by atoms with Gasteiger partial charge >= 0.3 is 0 Å². The zero-order chi connectivity index (χ0) is 17.6. The Balaban J connectivity index is 1.60. The summed E-state index contributed by atoms with van der Waals surface area (Å²) in [5.74, 6) is 2.22. The molecule has 1 fully saturated rings. The van der Waals surface area contributed by atoms with Crippen molar-refractivity contribution in [3.8, 4) is 0 Å². The molecule has 1 aromatic carbocycles. The molecule has 2 aromatic rings. The number of nitrogens with two attached hydrogens (primary N) is 1. The average Bonchev–Trinajstić information content (AvgIpc) is 3.14. The molecule has 1 aliphatic carbocycles. The van der Waals surface area contributed by atoms with Crippen LogP contribution in [-0.2, 0) is 4.79 Å². The molecular formula is C21H29N2O2+. The normalized spacial score (nSPS) is 24.6. The molecule has 0 bridgehead atoms. The Labute approximate surface area is 150 Å². The van der Waals surface area contributed by atoms with E-state index in [9.17, 15) is 4.79 Å². The van der Waals surface area contributed by atoms with Gasteiger partial charge in [-0.15, -0.1) is 0 Å². The summed E-state index contributed by atoms with van der Waals surface area (Å²) in [5, 5.41) is 5.31. The lowest BCUT2D eigenvalue weighted by Crippen LogP contribution is -2.88. The first kappa shape index (κ1) is 17.7. The number of carbonyl (C=O) groups excluding carboxylic acids is 1. The Kier molecular flexibility index (Phi) is 5.92. The van der Waals surface area contributed by atoms with Gasteiger partial charge in [0.15, 0.2) is 18.3 Å². The molecule has 3 rings (SSSR count). The van der Waals surface area contributed by atoms with Gasteiger partial charge in [-0.3, -0.25) is 4.79 Å². The van der Waals surface area contributed by atoms with Crippen LogP contribution < -0.4 is 10.6 Å². The maximum Gasteiger partial charge on any atom is 0.275 e. The lowest BCUT2D eigenvalue weighted by Gasteiger charge is -2.34. The van der Waals surface area contributed by atoms with Crippen molar-refractivity contribution in [3.05, 3.63) is 60.1 Å². The molecule has 1 heterocycles. The highest BCUT2D eigenvalue weighted by molar-refractivity contribution is 5.77. The van der Waals surface area contributed by atoms with E-state index in [0.29, 0.717) is 24.4 Å². The fourth-order valence-corrected chi connectivity index (χ4v) is 3.82. The highest BCUT2D eigenvalue weighted by Gasteiger charge is 2.29. The maximum absolute atomic E-state index is 12.5. The summed E-state index contributed by atoms with van der Waals surface area (Å²) in [6, 6.07) is 14.4. The first-order chi connectivity index (χ1) is 12.1. The second-order valence-electron chi connectivity index (χ2n) is 7.28. The number of quaternary nitrogens is 1. The second-order valence-corrected chi connectivity index (χ2v) is 7.28. The minimum absolute atomic E-state index is 0.00431. The van der Waals surface area contributed by atoms with E-state index in [1.165, 1.54) is 12.8 Å². The fraction of sp³-hybridized carbons (Fsp3) is 0.476. The van der Waals surface area contributed by atoms with Gasteiger partial charge in [0.1, 0.15) is 0 Å². The number of hydrogen-bond acceptors (Lipinski definition) is 2. The summed E-state index contributed by atoms with van der Waals surface area (Å²) in [4.78, 5) is 12.5. The summed E-state index contributed by atoms with van der Waals surface area (Å²) in [6.45, 7) is 4.95. The van der Waals surface area contributed by atoms with Crippen LogP contribution in [0.5, 0.6) is 0 Å². The van der Waals surface area contributed by atoms with Crippen LogP contribution in [0, 0.1) is 11.8 Å². The number of rotatable bonds is 6. The van der Waals surface area contributed by atoms with Gasteiger partial charge in [0.05, 0.1) is 6.26 Å². The minimum atomic E-state index is 0.00431. The number of nitrogens with one attached hydrogen (secondary N) is 1. The van der Waals surface area contributed by atoms with Crippen LogP contribution >= 0.6 is 0 Å². The van der Waals surface area contributed by atoms with Crippen molar-refractivity contribution in [2.45, 2.75) is 45.2 Å². The van der Waals surface area contributed by atoms with Crippen molar-refractivity contribution in [3.63, 3.8) is 0 Å². The van der Waals surface area contributed by atoms with E-state index in [4.69, 9.17) is 4.42 Å². The smallest absolute Gasteiger partial charge is 0.275 e. The molecule has 0 saturated heterocycles. The van der Waals surface area contributed by atoms with Crippen molar-refractivity contribution in [2.24, 2.45) is 11.8 Å². The Hall–Kier alpha value is -2.07. The van der Waals surface area contributed by atoms with E-state index < -0.39 is 0 Å². The largest absolute Gasteiger partial charge is 0.463 e. The molecule has 25 heavy (non-hydrogen) atoms. The number of amides is 1. The molecule has 0 spiro atoms. The van der Waals surface area contributed by atoms with Gasteiger partial charge in [-0.1, -0.05) is 57.0 Å². The standard InChI is InChI=1S/C21H28N2O2/c1-15-8-6-11-18(16(15)2)23-20(24)14-22-21(19-12-7-13-25-19)17-9-4-3-5-10-17/h3-5,7,9-10,12-13,15-16,18,21-22H,6,8,11,14H2,1-2H3,(H,23,24)/p+1/t15-,16-,18+,21+/m1/s1. The van der Waals surface area contributed by atoms with E-state index in [1.54, 1.807) is 6.26 Å². The number of hydrogen-bond donors (Lipinski definition) is 2. The van der Waals surface area contributed by atoms with Crippen LogP contribution in [0.2, 0.25) is 0 Å². The van der Waals surface area contributed by atoms with E-state index in [-0.39, 0.29) is 11.9 Å². The Bertz CT molecular complexity index is 654. The van der Waals surface area contributed by atoms with Crippen LogP contribution in [0.3, 0.4) is 0 Å². The van der Waals surface area contributed by atoms with Gasteiger partial charge in [-0.05, 0) is 30.4 Å². The summed E-state index contributed by atoms with van der Waals surface area (Å²) in [6.07, 6.45) is 5.26. The highest BCUT2D eigenvalue weighted by Crippen LogP contribution is 2.29. The van der Waals surface area contributed by atoms with Gasteiger partial charge in [0, 0.05) is 11.6 Å². The number of carbonyl (C=O) groups is 1. The molecule has 0 aliphatic heterocycles. The monoisotopic (exact) mass is 341 g/mol. The Morgan fingerprint density at radius 2 is 2.00 bits per heavy atom. The third kappa shape index (κ3) is 4.51. The zero-order valence-electron chi connectivity index (χ0n) is 15.2. The average molecular weight is 341 g/mol. The van der Waals surface area contributed by atoms with Crippen molar-refractivity contribution in [2.75, 3.05) is 6.54 Å². The molecule has 1 saturated carbocycles. The van der Waals surface area contributed by atoms with Crippen LogP contribution in [-0.4, -0.2) is 18.5 Å². The van der Waals surface area contributed by atoms with E-state index in [1.807, 2.05) is 30.3 Å². The lowest BCUT2D eigenvalue weighted by atomic mass is 9.78. The van der Waals surface area contributed by atoms with Gasteiger partial charge in [-0.25, -0.2) is 0 Å². The molecule has 134 valence electrons. The molecule has 4 atom stereocenters. The number of benzene rings is 1. The lowest BCUT2D eigenvalue weighted by molar-refractivity contribution is -0.678. The molecule has 0 unspecified atom stereocenters. The molecule has 0 radical (unpaired) electrons. The SMILES string of the molecule is C[C@@H]1[C@H](C)CCC[C@@H]1NC(=O)C[NH2+][C@@H](c1ccccc1)c1ccco1. The summed E-state index contributed by atoms with van der Waals surface area (Å²) in [5.41, 5.74) is 1.14.